The second-order valence-corrected chi connectivity index (χ2v) is 12.9. The molecule has 0 unspecified atom stereocenters. The maximum Gasteiger partial charge on any atom is 0.200 e. The highest BCUT2D eigenvalue weighted by atomic mass is 28.4. The lowest BCUT2D eigenvalue weighted by Gasteiger charge is -2.42. The highest BCUT2D eigenvalue weighted by Crippen LogP contribution is 2.42. The Hall–Kier alpha value is 0.0569. The molecule has 1 rings (SSSR count). The third-order valence-electron chi connectivity index (χ3n) is 5.02. The first kappa shape index (κ1) is 20.1. The van der Waals surface area contributed by atoms with Crippen molar-refractivity contribution in [3.8, 4) is 0 Å². The van der Waals surface area contributed by atoms with Crippen molar-refractivity contribution in [3.63, 3.8) is 0 Å². The SMILES string of the molecule is CC(C)[Si](OCC[C@@H](O)C[C@@H]1CCOCO1)(C(C)C)C(C)C. The average molecular weight is 333 g/mol. The summed E-state index contributed by atoms with van der Waals surface area (Å²) in [5.74, 6) is 0. The Morgan fingerprint density at radius 1 is 1.09 bits per heavy atom. The molecular formula is C17H36O4Si. The van der Waals surface area contributed by atoms with Gasteiger partial charge < -0.3 is 19.0 Å². The summed E-state index contributed by atoms with van der Waals surface area (Å²) in [5, 5.41) is 10.2. The molecule has 0 saturated carbocycles. The van der Waals surface area contributed by atoms with Gasteiger partial charge in [-0.3, -0.25) is 0 Å². The van der Waals surface area contributed by atoms with Gasteiger partial charge in [0.05, 0.1) is 18.8 Å². The monoisotopic (exact) mass is 332 g/mol. The zero-order valence-corrected chi connectivity index (χ0v) is 16.3. The summed E-state index contributed by atoms with van der Waals surface area (Å²) in [6.07, 6.45) is 2.04. The van der Waals surface area contributed by atoms with Gasteiger partial charge in [-0.2, -0.15) is 0 Å². The van der Waals surface area contributed by atoms with E-state index in [1.165, 1.54) is 0 Å². The molecule has 22 heavy (non-hydrogen) atoms. The van der Waals surface area contributed by atoms with Crippen LogP contribution in [0.1, 0.15) is 60.8 Å². The largest absolute Gasteiger partial charge is 0.416 e. The fraction of sp³-hybridized carbons (Fsp3) is 1.00. The minimum atomic E-state index is -1.81. The average Bonchev–Trinajstić information content (AvgIpc) is 2.43. The van der Waals surface area contributed by atoms with Crippen LogP contribution in [0.2, 0.25) is 16.6 Å². The van der Waals surface area contributed by atoms with Gasteiger partial charge in [-0.15, -0.1) is 0 Å². The Balaban J connectivity index is 2.44. The molecule has 0 bridgehead atoms. The van der Waals surface area contributed by atoms with Crippen LogP contribution in [0.3, 0.4) is 0 Å². The smallest absolute Gasteiger partial charge is 0.200 e. The standard InChI is InChI=1S/C17H36O4Si/c1-13(2)22(14(3)4,15(5)6)21-10-7-16(18)11-17-8-9-19-12-20-17/h13-18H,7-12H2,1-6H3/t16-,17+/m1/s1. The molecule has 1 heterocycles. The van der Waals surface area contributed by atoms with E-state index in [4.69, 9.17) is 13.9 Å². The first-order chi connectivity index (χ1) is 10.3. The van der Waals surface area contributed by atoms with Crippen LogP contribution >= 0.6 is 0 Å². The molecule has 0 amide bonds. The van der Waals surface area contributed by atoms with Gasteiger partial charge in [0.25, 0.3) is 0 Å². The highest BCUT2D eigenvalue weighted by molar-refractivity contribution is 6.77. The van der Waals surface area contributed by atoms with Crippen LogP contribution in [0.25, 0.3) is 0 Å². The molecule has 0 aromatic heterocycles. The van der Waals surface area contributed by atoms with Crippen molar-refractivity contribution < 1.29 is 19.0 Å². The van der Waals surface area contributed by atoms with Gasteiger partial charge in [0.15, 0.2) is 8.32 Å². The first-order valence-corrected chi connectivity index (χ1v) is 11.0. The van der Waals surface area contributed by atoms with E-state index in [0.29, 0.717) is 42.9 Å². The van der Waals surface area contributed by atoms with Gasteiger partial charge >= 0.3 is 0 Å². The molecule has 132 valence electrons. The predicted molar refractivity (Wildman–Crippen MR) is 92.5 cm³/mol. The van der Waals surface area contributed by atoms with Gasteiger partial charge in [0.2, 0.25) is 0 Å². The predicted octanol–water partition coefficient (Wildman–Crippen LogP) is 4.08. The highest BCUT2D eigenvalue weighted by Gasteiger charge is 2.44. The zero-order chi connectivity index (χ0) is 16.8. The van der Waals surface area contributed by atoms with E-state index in [1.54, 1.807) is 0 Å². The summed E-state index contributed by atoms with van der Waals surface area (Å²) in [7, 11) is -1.81. The molecule has 0 aromatic carbocycles. The van der Waals surface area contributed by atoms with E-state index in [-0.39, 0.29) is 12.2 Å². The fourth-order valence-corrected chi connectivity index (χ4v) is 9.45. The third kappa shape index (κ3) is 5.30. The maximum atomic E-state index is 10.2. The van der Waals surface area contributed by atoms with Crippen LogP contribution in [0.4, 0.5) is 0 Å². The fourth-order valence-electron chi connectivity index (χ4n) is 3.98. The van der Waals surface area contributed by atoms with Gasteiger partial charge in [-0.25, -0.2) is 0 Å². The van der Waals surface area contributed by atoms with Gasteiger partial charge in [0.1, 0.15) is 6.79 Å². The zero-order valence-electron chi connectivity index (χ0n) is 15.3. The summed E-state index contributed by atoms with van der Waals surface area (Å²) >= 11 is 0. The van der Waals surface area contributed by atoms with E-state index < -0.39 is 8.32 Å². The number of aliphatic hydroxyl groups excluding tert-OH is 1. The Bertz CT molecular complexity index is 279. The molecule has 1 saturated heterocycles. The van der Waals surface area contributed by atoms with Crippen molar-refractivity contribution in [2.24, 2.45) is 0 Å². The number of hydrogen-bond acceptors (Lipinski definition) is 4. The Morgan fingerprint density at radius 2 is 1.68 bits per heavy atom. The number of aliphatic hydroxyl groups is 1. The van der Waals surface area contributed by atoms with Crippen molar-refractivity contribution in [2.45, 2.75) is 89.6 Å². The first-order valence-electron chi connectivity index (χ1n) is 8.82. The summed E-state index contributed by atoms with van der Waals surface area (Å²) in [5.41, 5.74) is 1.76. The van der Waals surface area contributed by atoms with Crippen molar-refractivity contribution in [3.05, 3.63) is 0 Å². The van der Waals surface area contributed by atoms with Crippen LogP contribution < -0.4 is 0 Å². The topological polar surface area (TPSA) is 47.9 Å². The molecule has 1 N–H and O–H groups in total. The number of ether oxygens (including phenoxy) is 2. The third-order valence-corrected chi connectivity index (χ3v) is 11.1. The van der Waals surface area contributed by atoms with Crippen molar-refractivity contribution in [1.82, 2.24) is 0 Å². The summed E-state index contributed by atoms with van der Waals surface area (Å²) in [6.45, 7) is 15.5. The molecule has 0 aliphatic carbocycles. The van der Waals surface area contributed by atoms with Crippen LogP contribution in [0, 0.1) is 0 Å². The van der Waals surface area contributed by atoms with Crippen LogP contribution in [-0.4, -0.2) is 45.6 Å². The minimum absolute atomic E-state index is 0.131. The Kier molecular flexibility index (Phi) is 8.57. The second-order valence-electron chi connectivity index (χ2n) is 7.45. The van der Waals surface area contributed by atoms with E-state index in [2.05, 4.69) is 41.5 Å². The molecule has 1 fully saturated rings. The summed E-state index contributed by atoms with van der Waals surface area (Å²) < 4.78 is 17.1. The Labute approximate surface area is 137 Å². The van der Waals surface area contributed by atoms with E-state index in [0.717, 1.165) is 13.0 Å². The van der Waals surface area contributed by atoms with Crippen LogP contribution in [0.15, 0.2) is 0 Å². The lowest BCUT2D eigenvalue weighted by Crippen LogP contribution is -2.48. The molecule has 0 spiro atoms. The molecule has 1 aliphatic rings. The molecule has 0 aromatic rings. The molecule has 2 atom stereocenters. The Morgan fingerprint density at radius 3 is 2.14 bits per heavy atom. The minimum Gasteiger partial charge on any atom is -0.416 e. The van der Waals surface area contributed by atoms with Gasteiger partial charge in [-0.05, 0) is 35.9 Å². The number of rotatable bonds is 9. The van der Waals surface area contributed by atoms with Crippen molar-refractivity contribution >= 4 is 8.32 Å². The normalized spacial score (nSPS) is 21.8. The molecule has 5 heteroatoms. The van der Waals surface area contributed by atoms with Crippen LogP contribution in [0.5, 0.6) is 0 Å². The summed E-state index contributed by atoms with van der Waals surface area (Å²) in [4.78, 5) is 0. The lowest BCUT2D eigenvalue weighted by molar-refractivity contribution is -0.147. The van der Waals surface area contributed by atoms with E-state index in [1.807, 2.05) is 0 Å². The molecular weight excluding hydrogens is 296 g/mol. The van der Waals surface area contributed by atoms with Gasteiger partial charge in [0, 0.05) is 6.61 Å². The van der Waals surface area contributed by atoms with E-state index >= 15 is 0 Å². The lowest BCUT2D eigenvalue weighted by atomic mass is 10.1. The molecule has 0 radical (unpaired) electrons. The summed E-state index contributed by atoms with van der Waals surface area (Å²) in [6, 6.07) is 0. The second kappa shape index (κ2) is 9.38. The van der Waals surface area contributed by atoms with Crippen LogP contribution in [-0.2, 0) is 13.9 Å². The molecule has 4 nitrogen and oxygen atoms in total. The van der Waals surface area contributed by atoms with E-state index in [9.17, 15) is 5.11 Å². The quantitative estimate of drug-likeness (QED) is 0.646. The molecule has 1 aliphatic heterocycles. The van der Waals surface area contributed by atoms with Crippen molar-refractivity contribution in [2.75, 3.05) is 20.0 Å². The number of hydrogen-bond donors (Lipinski definition) is 1. The van der Waals surface area contributed by atoms with Gasteiger partial charge in [-0.1, -0.05) is 41.5 Å². The maximum absolute atomic E-state index is 10.2. The van der Waals surface area contributed by atoms with Crippen molar-refractivity contribution in [1.29, 1.82) is 0 Å².